The number of rotatable bonds is 10. The predicted molar refractivity (Wildman–Crippen MR) is 73.3 cm³/mol. The molecule has 4 nitrogen and oxygen atoms in total. The maximum atomic E-state index is 11.6. The zero-order valence-electron chi connectivity index (χ0n) is 11.6. The van der Waals surface area contributed by atoms with Crippen molar-refractivity contribution in [3.63, 3.8) is 0 Å². The minimum Gasteiger partial charge on any atom is -0.378 e. The predicted octanol–water partition coefficient (Wildman–Crippen LogP) is 1.83. The van der Waals surface area contributed by atoms with Crippen molar-refractivity contribution in [2.45, 2.75) is 58.0 Å². The lowest BCUT2D eigenvalue weighted by atomic mass is 9.80. The van der Waals surface area contributed by atoms with Crippen LogP contribution in [0.3, 0.4) is 0 Å². The molecule has 0 aliphatic heterocycles. The van der Waals surface area contributed by atoms with Crippen LogP contribution in [-0.4, -0.2) is 31.7 Å². The first-order valence-corrected chi connectivity index (χ1v) is 7.34. The molecule has 0 bridgehead atoms. The number of nitrogens with one attached hydrogen (secondary N) is 1. The van der Waals surface area contributed by atoms with E-state index in [0.29, 0.717) is 18.4 Å². The fourth-order valence-corrected chi connectivity index (χ4v) is 2.40. The van der Waals surface area contributed by atoms with Crippen LogP contribution in [-0.2, 0) is 9.53 Å². The van der Waals surface area contributed by atoms with E-state index in [-0.39, 0.29) is 5.91 Å². The molecule has 0 aromatic carbocycles. The average molecular weight is 256 g/mol. The lowest BCUT2D eigenvalue weighted by molar-refractivity contribution is -0.124. The molecular weight excluding hydrogens is 228 g/mol. The van der Waals surface area contributed by atoms with Crippen LogP contribution in [0.4, 0.5) is 0 Å². The molecule has 0 unspecified atom stereocenters. The number of nitrogens with two attached hydrogens (primary N) is 1. The highest BCUT2D eigenvalue weighted by atomic mass is 16.5. The molecule has 0 atom stereocenters. The zero-order chi connectivity index (χ0) is 13.2. The second-order valence-electron chi connectivity index (χ2n) is 5.17. The Morgan fingerprint density at radius 1 is 1.28 bits per heavy atom. The number of carbonyl (C=O) groups excluding carboxylic acids is 1. The normalized spacial score (nSPS) is 22.6. The molecule has 0 heterocycles. The molecule has 1 aliphatic rings. The van der Waals surface area contributed by atoms with Gasteiger partial charge in [0.2, 0.25) is 5.91 Å². The van der Waals surface area contributed by atoms with Gasteiger partial charge in [0.1, 0.15) is 0 Å². The first-order valence-electron chi connectivity index (χ1n) is 7.34. The molecule has 0 aromatic rings. The Kier molecular flexibility index (Phi) is 8.01. The Morgan fingerprint density at radius 3 is 2.67 bits per heavy atom. The monoisotopic (exact) mass is 256 g/mol. The SMILES string of the molecule is CCOC1CC(CC(=O)NCCCCCCN)C1. The smallest absolute Gasteiger partial charge is 0.220 e. The van der Waals surface area contributed by atoms with E-state index < -0.39 is 0 Å². The van der Waals surface area contributed by atoms with E-state index in [1.807, 2.05) is 6.92 Å². The van der Waals surface area contributed by atoms with Gasteiger partial charge in [-0.05, 0) is 45.1 Å². The van der Waals surface area contributed by atoms with Gasteiger partial charge in [-0.25, -0.2) is 0 Å². The van der Waals surface area contributed by atoms with Gasteiger partial charge in [-0.3, -0.25) is 4.79 Å². The Labute approximate surface area is 111 Å². The summed E-state index contributed by atoms with van der Waals surface area (Å²) in [4.78, 5) is 11.6. The minimum absolute atomic E-state index is 0.203. The molecule has 0 aromatic heterocycles. The van der Waals surface area contributed by atoms with Gasteiger partial charge in [-0.1, -0.05) is 12.8 Å². The fourth-order valence-electron chi connectivity index (χ4n) is 2.40. The molecule has 0 spiro atoms. The zero-order valence-corrected chi connectivity index (χ0v) is 11.6. The standard InChI is InChI=1S/C14H28N2O2/c1-2-18-13-9-12(10-13)11-14(17)16-8-6-4-3-5-7-15/h12-13H,2-11,15H2,1H3,(H,16,17). The van der Waals surface area contributed by atoms with Gasteiger partial charge >= 0.3 is 0 Å². The van der Waals surface area contributed by atoms with Gasteiger partial charge in [-0.15, -0.1) is 0 Å². The van der Waals surface area contributed by atoms with Crippen molar-refractivity contribution >= 4 is 5.91 Å². The van der Waals surface area contributed by atoms with Crippen molar-refractivity contribution in [3.8, 4) is 0 Å². The van der Waals surface area contributed by atoms with Crippen molar-refractivity contribution < 1.29 is 9.53 Å². The van der Waals surface area contributed by atoms with E-state index in [9.17, 15) is 4.79 Å². The van der Waals surface area contributed by atoms with Crippen molar-refractivity contribution in [1.82, 2.24) is 5.32 Å². The minimum atomic E-state index is 0.203. The highest BCUT2D eigenvalue weighted by molar-refractivity contribution is 5.76. The molecule has 1 aliphatic carbocycles. The molecule has 18 heavy (non-hydrogen) atoms. The van der Waals surface area contributed by atoms with Crippen molar-refractivity contribution in [3.05, 3.63) is 0 Å². The number of carbonyl (C=O) groups is 1. The summed E-state index contributed by atoms with van der Waals surface area (Å²) in [5.41, 5.74) is 5.42. The molecule has 1 fully saturated rings. The van der Waals surface area contributed by atoms with E-state index in [4.69, 9.17) is 10.5 Å². The number of amides is 1. The van der Waals surface area contributed by atoms with Crippen molar-refractivity contribution in [1.29, 1.82) is 0 Å². The number of ether oxygens (including phenoxy) is 1. The maximum Gasteiger partial charge on any atom is 0.220 e. The Balaban J connectivity index is 1.89. The molecule has 4 heteroatoms. The summed E-state index contributed by atoms with van der Waals surface area (Å²) in [5, 5.41) is 2.99. The Hall–Kier alpha value is -0.610. The summed E-state index contributed by atoms with van der Waals surface area (Å²) < 4.78 is 5.48. The second kappa shape index (κ2) is 9.34. The van der Waals surface area contributed by atoms with Crippen LogP contribution in [0.2, 0.25) is 0 Å². The number of unbranched alkanes of at least 4 members (excludes halogenated alkanes) is 3. The van der Waals surface area contributed by atoms with Gasteiger partial charge in [0, 0.05) is 19.6 Å². The molecule has 3 N–H and O–H groups in total. The third-order valence-corrected chi connectivity index (χ3v) is 3.52. The van der Waals surface area contributed by atoms with E-state index in [1.54, 1.807) is 0 Å². The Morgan fingerprint density at radius 2 is 2.00 bits per heavy atom. The fraction of sp³-hybridized carbons (Fsp3) is 0.929. The van der Waals surface area contributed by atoms with Crippen molar-refractivity contribution in [2.75, 3.05) is 19.7 Å². The molecule has 1 amide bonds. The molecule has 0 radical (unpaired) electrons. The van der Waals surface area contributed by atoms with Gasteiger partial charge in [0.05, 0.1) is 6.10 Å². The second-order valence-corrected chi connectivity index (χ2v) is 5.17. The number of hydrogen-bond acceptors (Lipinski definition) is 3. The lowest BCUT2D eigenvalue weighted by Crippen LogP contribution is -2.36. The maximum absolute atomic E-state index is 11.6. The van der Waals surface area contributed by atoms with Gasteiger partial charge in [0.25, 0.3) is 0 Å². The summed E-state index contributed by atoms with van der Waals surface area (Å²) in [5.74, 6) is 0.743. The van der Waals surface area contributed by atoms with Crippen molar-refractivity contribution in [2.24, 2.45) is 11.7 Å². The molecule has 0 saturated heterocycles. The van der Waals surface area contributed by atoms with Crippen LogP contribution in [0.25, 0.3) is 0 Å². The summed E-state index contributed by atoms with van der Waals surface area (Å²) in [6.07, 6.45) is 7.68. The van der Waals surface area contributed by atoms with Crippen LogP contribution in [0.1, 0.15) is 51.9 Å². The lowest BCUT2D eigenvalue weighted by Gasteiger charge is -2.34. The van der Waals surface area contributed by atoms with Gasteiger partial charge in [-0.2, -0.15) is 0 Å². The third-order valence-electron chi connectivity index (χ3n) is 3.52. The molecule has 1 rings (SSSR count). The van der Waals surface area contributed by atoms with Crippen LogP contribution in [0.15, 0.2) is 0 Å². The molecule has 1 saturated carbocycles. The number of hydrogen-bond donors (Lipinski definition) is 2. The van der Waals surface area contributed by atoms with Crippen LogP contribution in [0, 0.1) is 5.92 Å². The van der Waals surface area contributed by atoms with Crippen LogP contribution in [0.5, 0.6) is 0 Å². The third kappa shape index (κ3) is 6.36. The van der Waals surface area contributed by atoms with E-state index >= 15 is 0 Å². The highest BCUT2D eigenvalue weighted by Crippen LogP contribution is 2.32. The van der Waals surface area contributed by atoms with Gasteiger partial charge < -0.3 is 15.8 Å². The van der Waals surface area contributed by atoms with Crippen LogP contribution >= 0.6 is 0 Å². The summed E-state index contributed by atoms with van der Waals surface area (Å²) in [7, 11) is 0. The average Bonchev–Trinajstić information content (AvgIpc) is 2.31. The summed E-state index contributed by atoms with van der Waals surface area (Å²) >= 11 is 0. The van der Waals surface area contributed by atoms with E-state index in [2.05, 4.69) is 5.32 Å². The first-order chi connectivity index (χ1) is 8.76. The molecular formula is C14H28N2O2. The Bertz CT molecular complexity index is 228. The molecule has 106 valence electrons. The summed E-state index contributed by atoms with van der Waals surface area (Å²) in [6.45, 7) is 4.39. The van der Waals surface area contributed by atoms with E-state index in [1.165, 1.54) is 6.42 Å². The van der Waals surface area contributed by atoms with Gasteiger partial charge in [0.15, 0.2) is 0 Å². The largest absolute Gasteiger partial charge is 0.378 e. The van der Waals surface area contributed by atoms with Crippen LogP contribution < -0.4 is 11.1 Å². The quantitative estimate of drug-likeness (QED) is 0.586. The first kappa shape index (κ1) is 15.4. The highest BCUT2D eigenvalue weighted by Gasteiger charge is 2.30. The topological polar surface area (TPSA) is 64.3 Å². The summed E-state index contributed by atoms with van der Waals surface area (Å²) in [6, 6.07) is 0. The van der Waals surface area contributed by atoms with E-state index in [0.717, 1.165) is 51.8 Å².